The van der Waals surface area contributed by atoms with Gasteiger partial charge in [0, 0.05) is 18.8 Å². The first-order valence-electron chi connectivity index (χ1n) is 5.77. The van der Waals surface area contributed by atoms with E-state index in [-0.39, 0.29) is 11.5 Å². The van der Waals surface area contributed by atoms with Gasteiger partial charge in [-0.25, -0.2) is 0 Å². The average molecular weight is 348 g/mol. The van der Waals surface area contributed by atoms with Gasteiger partial charge in [-0.05, 0) is 23.3 Å². The fourth-order valence-corrected chi connectivity index (χ4v) is 1.97. The van der Waals surface area contributed by atoms with E-state index < -0.39 is 0 Å². The van der Waals surface area contributed by atoms with Gasteiger partial charge in [-0.2, -0.15) is 0 Å². The van der Waals surface area contributed by atoms with E-state index in [1.54, 1.807) is 0 Å². The number of carbonyl (C=O) groups is 1. The Morgan fingerprint density at radius 1 is 1.24 bits per heavy atom. The lowest BCUT2D eigenvalue weighted by molar-refractivity contribution is 0.0952. The van der Waals surface area contributed by atoms with E-state index >= 15 is 0 Å². The number of amides is 1. The molecule has 1 rings (SSSR count). The van der Waals surface area contributed by atoms with Gasteiger partial charge in [0.25, 0.3) is 5.91 Å². The van der Waals surface area contributed by atoms with Crippen molar-refractivity contribution in [3.05, 3.63) is 34.2 Å². The zero-order chi connectivity index (χ0) is 12.5. The largest absolute Gasteiger partial charge is 0.352 e. The fourth-order valence-electron chi connectivity index (χ4n) is 1.43. The third-order valence-corrected chi connectivity index (χ3v) is 3.16. The number of aromatic amines is 1. The fraction of sp³-hybridized carbons (Fsp3) is 0.500. The zero-order valence-corrected chi connectivity index (χ0v) is 11.8. The summed E-state index contributed by atoms with van der Waals surface area (Å²) in [6.07, 6.45) is 6.06. The van der Waals surface area contributed by atoms with Gasteiger partial charge in [-0.15, -0.1) is 0 Å². The van der Waals surface area contributed by atoms with Crippen molar-refractivity contribution in [2.45, 2.75) is 25.7 Å². The molecule has 0 saturated carbocycles. The van der Waals surface area contributed by atoms with E-state index in [0.717, 1.165) is 12.8 Å². The Kier molecular flexibility index (Phi) is 6.91. The van der Waals surface area contributed by atoms with E-state index in [4.69, 9.17) is 0 Å². The van der Waals surface area contributed by atoms with Crippen LogP contribution in [0.5, 0.6) is 0 Å². The number of aromatic nitrogens is 1. The van der Waals surface area contributed by atoms with Crippen LogP contribution < -0.4 is 10.9 Å². The Bertz CT molecular complexity index is 383. The highest BCUT2D eigenvalue weighted by Gasteiger charge is 2.03. The SMILES string of the molecule is O=C(NCCCCCCI)c1ccc(=O)[nH]c1. The van der Waals surface area contributed by atoms with Gasteiger partial charge in [-0.1, -0.05) is 35.4 Å². The van der Waals surface area contributed by atoms with E-state index in [1.165, 1.54) is 35.6 Å². The predicted molar refractivity (Wildman–Crippen MR) is 76.8 cm³/mol. The van der Waals surface area contributed by atoms with Crippen molar-refractivity contribution in [3.63, 3.8) is 0 Å². The smallest absolute Gasteiger partial charge is 0.252 e. The molecule has 0 spiro atoms. The molecule has 0 saturated heterocycles. The average Bonchev–Trinajstić information content (AvgIpc) is 2.34. The van der Waals surface area contributed by atoms with Crippen molar-refractivity contribution in [1.82, 2.24) is 10.3 Å². The normalized spacial score (nSPS) is 10.2. The van der Waals surface area contributed by atoms with Crippen LogP contribution in [0.1, 0.15) is 36.0 Å². The number of alkyl halides is 1. The van der Waals surface area contributed by atoms with E-state index in [0.29, 0.717) is 12.1 Å². The summed E-state index contributed by atoms with van der Waals surface area (Å²) in [7, 11) is 0. The van der Waals surface area contributed by atoms with Crippen LogP contribution in [0.2, 0.25) is 0 Å². The molecule has 0 unspecified atom stereocenters. The number of rotatable bonds is 7. The van der Waals surface area contributed by atoms with Crippen molar-refractivity contribution in [3.8, 4) is 0 Å². The Labute approximate surface area is 114 Å². The van der Waals surface area contributed by atoms with Crippen LogP contribution in [-0.2, 0) is 0 Å². The molecule has 94 valence electrons. The summed E-state index contributed by atoms with van der Waals surface area (Å²) in [6.45, 7) is 0.694. The third-order valence-electron chi connectivity index (χ3n) is 2.39. The number of pyridine rings is 1. The molecule has 5 heteroatoms. The highest BCUT2D eigenvalue weighted by atomic mass is 127. The zero-order valence-electron chi connectivity index (χ0n) is 9.67. The van der Waals surface area contributed by atoms with Gasteiger partial charge in [0.2, 0.25) is 5.56 Å². The van der Waals surface area contributed by atoms with Gasteiger partial charge in [0.05, 0.1) is 5.56 Å². The maximum Gasteiger partial charge on any atom is 0.252 e. The number of nitrogens with one attached hydrogen (secondary N) is 2. The molecular weight excluding hydrogens is 331 g/mol. The molecule has 0 aromatic carbocycles. The first-order valence-corrected chi connectivity index (χ1v) is 7.29. The summed E-state index contributed by atoms with van der Waals surface area (Å²) >= 11 is 2.37. The molecule has 1 amide bonds. The quantitative estimate of drug-likeness (QED) is 0.450. The predicted octanol–water partition coefficient (Wildman–Crippen LogP) is 2.10. The Morgan fingerprint density at radius 2 is 2.00 bits per heavy atom. The van der Waals surface area contributed by atoms with Crippen LogP contribution in [0, 0.1) is 0 Å². The van der Waals surface area contributed by atoms with Crippen molar-refractivity contribution in [2.24, 2.45) is 0 Å². The standard InChI is InChI=1S/C12H17IN2O2/c13-7-3-1-2-4-8-14-12(17)10-5-6-11(16)15-9-10/h5-6,9H,1-4,7-8H2,(H,14,17)(H,15,16). The summed E-state index contributed by atoms with van der Waals surface area (Å²) in [5.41, 5.74) is 0.303. The van der Waals surface area contributed by atoms with Crippen LogP contribution in [-0.4, -0.2) is 21.9 Å². The number of carbonyl (C=O) groups excluding carboxylic acids is 1. The minimum absolute atomic E-state index is 0.129. The monoisotopic (exact) mass is 348 g/mol. The van der Waals surface area contributed by atoms with Gasteiger partial charge < -0.3 is 10.3 Å². The summed E-state index contributed by atoms with van der Waals surface area (Å²) in [4.78, 5) is 24.9. The number of H-pyrrole nitrogens is 1. The highest BCUT2D eigenvalue weighted by Crippen LogP contribution is 2.01. The lowest BCUT2D eigenvalue weighted by Gasteiger charge is -2.04. The van der Waals surface area contributed by atoms with E-state index in [9.17, 15) is 9.59 Å². The number of unbranched alkanes of at least 4 members (excludes halogenated alkanes) is 3. The van der Waals surface area contributed by atoms with Gasteiger partial charge in [0.15, 0.2) is 0 Å². The van der Waals surface area contributed by atoms with Crippen LogP contribution in [0.4, 0.5) is 0 Å². The maximum absolute atomic E-state index is 11.6. The Morgan fingerprint density at radius 3 is 2.65 bits per heavy atom. The maximum atomic E-state index is 11.6. The van der Waals surface area contributed by atoms with Crippen molar-refractivity contribution < 1.29 is 4.79 Å². The van der Waals surface area contributed by atoms with E-state index in [2.05, 4.69) is 32.9 Å². The number of hydrogen-bond donors (Lipinski definition) is 2. The van der Waals surface area contributed by atoms with Crippen molar-refractivity contribution >= 4 is 28.5 Å². The van der Waals surface area contributed by atoms with Crippen molar-refractivity contribution in [1.29, 1.82) is 0 Å². The summed E-state index contributed by atoms with van der Waals surface area (Å²) in [5, 5.41) is 2.83. The summed E-state index contributed by atoms with van der Waals surface area (Å²) in [5.74, 6) is -0.129. The van der Waals surface area contributed by atoms with Crippen LogP contribution in [0.25, 0.3) is 0 Å². The molecule has 0 aliphatic rings. The first-order chi connectivity index (χ1) is 8.24. The third kappa shape index (κ3) is 5.86. The summed E-state index contributed by atoms with van der Waals surface area (Å²) in [6, 6.07) is 2.89. The molecule has 0 aliphatic carbocycles. The second kappa shape index (κ2) is 8.27. The molecular formula is C12H17IN2O2. The minimum Gasteiger partial charge on any atom is -0.352 e. The number of hydrogen-bond acceptors (Lipinski definition) is 2. The second-order valence-corrected chi connectivity index (χ2v) is 4.88. The van der Waals surface area contributed by atoms with Gasteiger partial charge in [0.1, 0.15) is 0 Å². The molecule has 0 bridgehead atoms. The Hall–Kier alpha value is -0.850. The lowest BCUT2D eigenvalue weighted by Crippen LogP contribution is -2.25. The van der Waals surface area contributed by atoms with Crippen LogP contribution in [0.15, 0.2) is 23.1 Å². The topological polar surface area (TPSA) is 62.0 Å². The molecule has 0 fully saturated rings. The molecule has 0 atom stereocenters. The van der Waals surface area contributed by atoms with Gasteiger partial charge >= 0.3 is 0 Å². The lowest BCUT2D eigenvalue weighted by atomic mass is 10.2. The van der Waals surface area contributed by atoms with Crippen LogP contribution >= 0.6 is 22.6 Å². The minimum atomic E-state index is -0.194. The molecule has 2 N–H and O–H groups in total. The first kappa shape index (κ1) is 14.2. The summed E-state index contributed by atoms with van der Waals surface area (Å²) < 4.78 is 1.20. The second-order valence-electron chi connectivity index (χ2n) is 3.80. The Balaban J connectivity index is 2.21. The molecule has 17 heavy (non-hydrogen) atoms. The molecule has 4 nitrogen and oxygen atoms in total. The van der Waals surface area contributed by atoms with Crippen LogP contribution in [0.3, 0.4) is 0 Å². The number of halogens is 1. The molecule has 0 radical (unpaired) electrons. The van der Waals surface area contributed by atoms with E-state index in [1.807, 2.05) is 0 Å². The van der Waals surface area contributed by atoms with Crippen molar-refractivity contribution in [2.75, 3.05) is 11.0 Å². The highest BCUT2D eigenvalue weighted by molar-refractivity contribution is 14.1. The molecule has 1 aromatic heterocycles. The molecule has 1 heterocycles. The van der Waals surface area contributed by atoms with Gasteiger partial charge in [-0.3, -0.25) is 9.59 Å². The molecule has 1 aromatic rings. The molecule has 0 aliphatic heterocycles.